The minimum Gasteiger partial charge on any atom is -0.326 e. The van der Waals surface area contributed by atoms with Crippen molar-refractivity contribution in [2.75, 3.05) is 0 Å². The van der Waals surface area contributed by atoms with Gasteiger partial charge >= 0.3 is 6.18 Å². The van der Waals surface area contributed by atoms with Gasteiger partial charge < -0.3 is 5.73 Å². The van der Waals surface area contributed by atoms with Crippen LogP contribution in [0.2, 0.25) is 5.02 Å². The average molecular weight is 261 g/mol. The van der Waals surface area contributed by atoms with Gasteiger partial charge in [-0.1, -0.05) is 11.6 Å². The van der Waals surface area contributed by atoms with E-state index in [1.54, 1.807) is 0 Å². The third-order valence-electron chi connectivity index (χ3n) is 1.78. The fourth-order valence-electron chi connectivity index (χ4n) is 1.04. The number of nitrogens with two attached hydrogens (primary N) is 1. The molecule has 0 aromatic carbocycles. The Morgan fingerprint density at radius 3 is 2.31 bits per heavy atom. The van der Waals surface area contributed by atoms with Crippen LogP contribution in [0.25, 0.3) is 0 Å². The van der Waals surface area contributed by atoms with Crippen molar-refractivity contribution in [3.8, 4) is 0 Å². The van der Waals surface area contributed by atoms with Gasteiger partial charge in [-0.15, -0.1) is 0 Å². The van der Waals surface area contributed by atoms with Crippen LogP contribution in [0.15, 0.2) is 6.07 Å². The fourth-order valence-corrected chi connectivity index (χ4v) is 1.30. The summed E-state index contributed by atoms with van der Waals surface area (Å²) >= 11 is 5.44. The number of rotatable bonds is 2. The molecule has 0 saturated carbocycles. The molecule has 0 aliphatic carbocycles. The zero-order valence-electron chi connectivity index (χ0n) is 7.65. The normalized spacial score (nSPS) is 12.2. The van der Waals surface area contributed by atoms with Crippen LogP contribution in [-0.2, 0) is 12.7 Å². The molecule has 1 aromatic rings. The molecule has 2 N–H and O–H groups in total. The molecule has 0 atom stereocenters. The van der Waals surface area contributed by atoms with Crippen molar-refractivity contribution in [3.05, 3.63) is 28.0 Å². The molecule has 0 saturated heterocycles. The Labute approximate surface area is 92.2 Å². The van der Waals surface area contributed by atoms with Crippen molar-refractivity contribution in [2.24, 2.45) is 5.73 Å². The highest BCUT2D eigenvalue weighted by atomic mass is 35.5. The third kappa shape index (κ3) is 2.59. The molecule has 0 radical (unpaired) electrons. The largest absolute Gasteiger partial charge is 0.433 e. The van der Waals surface area contributed by atoms with E-state index in [4.69, 9.17) is 17.3 Å². The highest BCUT2D eigenvalue weighted by Crippen LogP contribution is 2.34. The van der Waals surface area contributed by atoms with E-state index in [1.165, 1.54) is 0 Å². The van der Waals surface area contributed by atoms with E-state index >= 15 is 0 Å². The van der Waals surface area contributed by atoms with Crippen LogP contribution >= 0.6 is 11.6 Å². The van der Waals surface area contributed by atoms with Gasteiger partial charge in [0.25, 0.3) is 6.43 Å². The molecule has 16 heavy (non-hydrogen) atoms. The number of hydrogen-bond donors (Lipinski definition) is 1. The predicted molar refractivity (Wildman–Crippen MR) is 47.1 cm³/mol. The van der Waals surface area contributed by atoms with Gasteiger partial charge in [0.15, 0.2) is 0 Å². The number of hydrogen-bond acceptors (Lipinski definition) is 2. The van der Waals surface area contributed by atoms with Crippen LogP contribution < -0.4 is 5.73 Å². The van der Waals surface area contributed by atoms with Crippen LogP contribution in [0, 0.1) is 0 Å². The summed E-state index contributed by atoms with van der Waals surface area (Å²) in [4.78, 5) is 2.79. The summed E-state index contributed by atoms with van der Waals surface area (Å²) in [6.07, 6.45) is -7.99. The molecule has 0 unspecified atom stereocenters. The third-order valence-corrected chi connectivity index (χ3v) is 2.21. The Balaban J connectivity index is 3.40. The second-order valence-electron chi connectivity index (χ2n) is 2.87. The number of aromatic nitrogens is 1. The topological polar surface area (TPSA) is 38.9 Å². The summed E-state index contributed by atoms with van der Waals surface area (Å²) in [5.74, 6) is 0. The van der Waals surface area contributed by atoms with E-state index in [-0.39, 0.29) is 12.1 Å². The lowest BCUT2D eigenvalue weighted by Crippen LogP contribution is -2.13. The van der Waals surface area contributed by atoms with Gasteiger partial charge in [-0.25, -0.2) is 13.8 Å². The SMILES string of the molecule is NCc1cc(C(F)(F)F)nc(C(F)F)c1Cl. The van der Waals surface area contributed by atoms with Gasteiger partial charge in [0.05, 0.1) is 5.02 Å². The second-order valence-corrected chi connectivity index (χ2v) is 3.25. The molecule has 1 aromatic heterocycles. The number of pyridine rings is 1. The lowest BCUT2D eigenvalue weighted by molar-refractivity contribution is -0.141. The van der Waals surface area contributed by atoms with E-state index in [9.17, 15) is 22.0 Å². The maximum Gasteiger partial charge on any atom is 0.433 e. The van der Waals surface area contributed by atoms with Crippen molar-refractivity contribution in [3.63, 3.8) is 0 Å². The molecule has 0 amide bonds. The molecular weight excluding hydrogens is 255 g/mol. The fraction of sp³-hybridized carbons (Fsp3) is 0.375. The zero-order valence-corrected chi connectivity index (χ0v) is 8.41. The Bertz CT molecular complexity index is 391. The highest BCUT2D eigenvalue weighted by Gasteiger charge is 2.35. The van der Waals surface area contributed by atoms with E-state index in [0.29, 0.717) is 6.07 Å². The molecule has 0 aliphatic heterocycles. The molecule has 1 rings (SSSR count). The van der Waals surface area contributed by atoms with E-state index in [1.807, 2.05) is 0 Å². The number of halogens is 6. The number of nitrogens with zero attached hydrogens (tertiary/aromatic N) is 1. The molecule has 0 aliphatic rings. The van der Waals surface area contributed by atoms with Crippen LogP contribution in [0.3, 0.4) is 0 Å². The first kappa shape index (κ1) is 13.1. The lowest BCUT2D eigenvalue weighted by atomic mass is 10.2. The lowest BCUT2D eigenvalue weighted by Gasteiger charge is -2.12. The van der Waals surface area contributed by atoms with Crippen molar-refractivity contribution in [1.29, 1.82) is 0 Å². The van der Waals surface area contributed by atoms with Gasteiger partial charge in [0, 0.05) is 6.54 Å². The Morgan fingerprint density at radius 2 is 1.94 bits per heavy atom. The Hall–Kier alpha value is -0.950. The quantitative estimate of drug-likeness (QED) is 0.830. The van der Waals surface area contributed by atoms with Gasteiger partial charge in [-0.05, 0) is 11.6 Å². The molecule has 0 fully saturated rings. The first-order valence-electron chi connectivity index (χ1n) is 4.02. The van der Waals surface area contributed by atoms with Crippen molar-refractivity contribution in [2.45, 2.75) is 19.1 Å². The minimum atomic E-state index is -4.81. The summed E-state index contributed by atoms with van der Waals surface area (Å²) in [7, 11) is 0. The first-order valence-corrected chi connectivity index (χ1v) is 4.40. The predicted octanol–water partition coefficient (Wildman–Crippen LogP) is 3.15. The zero-order chi connectivity index (χ0) is 12.5. The Morgan fingerprint density at radius 1 is 1.38 bits per heavy atom. The number of alkyl halides is 5. The van der Waals surface area contributed by atoms with Gasteiger partial charge in [0.1, 0.15) is 11.4 Å². The Kier molecular flexibility index (Phi) is 3.69. The van der Waals surface area contributed by atoms with Crippen LogP contribution in [0.4, 0.5) is 22.0 Å². The van der Waals surface area contributed by atoms with Crippen LogP contribution in [0.5, 0.6) is 0 Å². The average Bonchev–Trinajstić information content (AvgIpc) is 2.15. The second kappa shape index (κ2) is 4.50. The molecule has 90 valence electrons. The van der Waals surface area contributed by atoms with Gasteiger partial charge in [-0.3, -0.25) is 0 Å². The molecular formula is C8H6ClF5N2. The van der Waals surface area contributed by atoms with Crippen LogP contribution in [-0.4, -0.2) is 4.98 Å². The van der Waals surface area contributed by atoms with Gasteiger partial charge in [0.2, 0.25) is 0 Å². The smallest absolute Gasteiger partial charge is 0.326 e. The molecule has 0 bridgehead atoms. The molecule has 8 heteroatoms. The maximum atomic E-state index is 12.4. The molecule has 2 nitrogen and oxygen atoms in total. The molecule has 1 heterocycles. The molecule has 0 spiro atoms. The van der Waals surface area contributed by atoms with Crippen molar-refractivity contribution >= 4 is 11.6 Å². The summed E-state index contributed by atoms with van der Waals surface area (Å²) in [5, 5.41) is -0.523. The van der Waals surface area contributed by atoms with Gasteiger partial charge in [-0.2, -0.15) is 13.2 Å². The monoisotopic (exact) mass is 260 g/mol. The summed E-state index contributed by atoms with van der Waals surface area (Å²) in [5.41, 5.74) is 2.37. The van der Waals surface area contributed by atoms with E-state index in [0.717, 1.165) is 0 Å². The standard InChI is InChI=1S/C8H6ClF5N2/c9-5-3(2-15)1-4(8(12,13)14)16-6(5)7(10)11/h1,7H,2,15H2. The maximum absolute atomic E-state index is 12.4. The van der Waals surface area contributed by atoms with E-state index < -0.39 is 29.0 Å². The summed E-state index contributed by atoms with van der Waals surface area (Å²) in [6.45, 7) is -0.371. The van der Waals surface area contributed by atoms with E-state index in [2.05, 4.69) is 4.98 Å². The minimum absolute atomic E-state index is 0.209. The summed E-state index contributed by atoms with van der Waals surface area (Å²) in [6, 6.07) is 0.564. The van der Waals surface area contributed by atoms with Crippen molar-refractivity contribution in [1.82, 2.24) is 4.98 Å². The highest BCUT2D eigenvalue weighted by molar-refractivity contribution is 6.32. The summed E-state index contributed by atoms with van der Waals surface area (Å²) < 4.78 is 61.6. The van der Waals surface area contributed by atoms with Crippen molar-refractivity contribution < 1.29 is 22.0 Å². The van der Waals surface area contributed by atoms with Crippen LogP contribution in [0.1, 0.15) is 23.4 Å². The first-order chi connectivity index (χ1) is 7.27.